The molecule has 0 unspecified atom stereocenters. The molecule has 0 amide bonds. The van der Waals surface area contributed by atoms with Gasteiger partial charge in [0.25, 0.3) is 0 Å². The van der Waals surface area contributed by atoms with Crippen molar-refractivity contribution in [2.75, 3.05) is 5.88 Å². The van der Waals surface area contributed by atoms with Gasteiger partial charge in [0.15, 0.2) is 0 Å². The maximum Gasteiger partial charge on any atom is 1.00 e. The largest absolute Gasteiger partial charge is 1.00 e. The van der Waals surface area contributed by atoms with E-state index in [1.807, 2.05) is 0 Å². The molecule has 8 heavy (non-hydrogen) atoms. The molecular weight excluding hydrogens is 140 g/mol. The van der Waals surface area contributed by atoms with Gasteiger partial charge in [-0.1, -0.05) is 0 Å². The summed E-state index contributed by atoms with van der Waals surface area (Å²) in [7, 11) is 0. The Hall–Kier alpha value is 0.250. The molecule has 3 nitrogen and oxygen atoms in total. The van der Waals surface area contributed by atoms with Crippen LogP contribution in [0.15, 0.2) is 0 Å². The van der Waals surface area contributed by atoms with E-state index in [-0.39, 0.29) is 36.9 Å². The van der Waals surface area contributed by atoms with Crippen LogP contribution in [-0.4, -0.2) is 17.0 Å². The number of hydrogen-bond donors (Lipinski definition) is 1. The van der Waals surface area contributed by atoms with Crippen molar-refractivity contribution in [3.8, 4) is 6.57 Å². The van der Waals surface area contributed by atoms with E-state index in [4.69, 9.17) is 22.0 Å². The van der Waals surface area contributed by atoms with Crippen molar-refractivity contribution in [2.24, 2.45) is 0 Å². The van der Waals surface area contributed by atoms with Gasteiger partial charge in [-0.15, -0.1) is 11.6 Å². The fourth-order valence-electron chi connectivity index (χ4n) is 0. The van der Waals surface area contributed by atoms with Crippen molar-refractivity contribution in [3.63, 3.8) is 0 Å². The molecule has 0 rings (SSSR count). The summed E-state index contributed by atoms with van der Waals surface area (Å²) in [5.41, 5.74) is 0. The predicted octanol–water partition coefficient (Wildman–Crippen LogP) is -2.43. The van der Waals surface area contributed by atoms with Crippen LogP contribution in [0.1, 0.15) is 1.43 Å². The van der Waals surface area contributed by atoms with Crippen molar-refractivity contribution < 1.29 is 40.9 Å². The fraction of sp³-hybridized carbons (Fsp3) is 0.333. The van der Waals surface area contributed by atoms with Gasteiger partial charge in [-0.25, -0.2) is 5.26 Å². The predicted molar refractivity (Wildman–Crippen MR) is 26.1 cm³/mol. The SMILES string of the molecule is C#N.O=C(O)CCl.[H-].[Na+]. The second-order valence-electron chi connectivity index (χ2n) is 0.527. The fourth-order valence-corrected chi connectivity index (χ4v) is 0. The smallest absolute Gasteiger partial charge is 1.00 e. The minimum Gasteiger partial charge on any atom is -1.00 e. The molecule has 0 fully saturated rings. The molecule has 0 bridgehead atoms. The first-order chi connectivity index (χ1) is 3.27. The summed E-state index contributed by atoms with van der Waals surface area (Å²) in [5.74, 6) is -1.29. The van der Waals surface area contributed by atoms with Crippen LogP contribution < -0.4 is 29.6 Å². The van der Waals surface area contributed by atoms with Crippen molar-refractivity contribution >= 4 is 17.6 Å². The number of alkyl halides is 1. The average molecular weight is 146 g/mol. The molecule has 0 spiro atoms. The molecule has 0 heterocycles. The normalized spacial score (nSPS) is 4.88. The van der Waals surface area contributed by atoms with Crippen LogP contribution in [-0.2, 0) is 4.79 Å². The number of nitrogens with zero attached hydrogens (tertiary/aromatic N) is 1. The quantitative estimate of drug-likeness (QED) is 0.330. The molecule has 0 aromatic heterocycles. The number of carbonyl (C=O) groups is 1. The van der Waals surface area contributed by atoms with E-state index >= 15 is 0 Å². The maximum absolute atomic E-state index is 9.24. The Labute approximate surface area is 76.0 Å². The third-order valence-corrected chi connectivity index (χ3v) is 0.343. The van der Waals surface area contributed by atoms with Gasteiger partial charge < -0.3 is 6.53 Å². The second kappa shape index (κ2) is 15.7. The number of rotatable bonds is 1. The Balaban J connectivity index is -0.0000000286. The summed E-state index contributed by atoms with van der Waals surface area (Å²) in [6, 6.07) is 0. The Morgan fingerprint density at radius 1 is 1.88 bits per heavy atom. The third-order valence-electron chi connectivity index (χ3n) is 0.114. The van der Waals surface area contributed by atoms with Gasteiger partial charge in [0.1, 0.15) is 5.88 Å². The van der Waals surface area contributed by atoms with Crippen molar-refractivity contribution in [1.29, 1.82) is 5.26 Å². The molecule has 0 aromatic rings. The number of carboxylic acid groups (broad SMARTS) is 1. The Morgan fingerprint density at radius 3 is 2.00 bits per heavy atom. The molecule has 0 atom stereocenters. The summed E-state index contributed by atoms with van der Waals surface area (Å²) in [6.45, 7) is 3.50. The summed E-state index contributed by atoms with van der Waals surface area (Å²) >= 11 is 4.74. The van der Waals surface area contributed by atoms with Crippen LogP contribution >= 0.6 is 11.6 Å². The van der Waals surface area contributed by atoms with Gasteiger partial charge in [-0.3, -0.25) is 4.79 Å². The van der Waals surface area contributed by atoms with Crippen LogP contribution in [0.5, 0.6) is 0 Å². The zero-order valence-electron chi connectivity index (χ0n) is 5.47. The first-order valence-corrected chi connectivity index (χ1v) is 1.84. The molecule has 0 saturated heterocycles. The van der Waals surface area contributed by atoms with E-state index in [0.29, 0.717) is 0 Å². The van der Waals surface area contributed by atoms with E-state index in [1.54, 1.807) is 0 Å². The topological polar surface area (TPSA) is 61.1 Å². The molecule has 0 aromatic carbocycles. The molecular formula is C3H5ClNNaO2. The number of aliphatic carboxylic acids is 1. The molecule has 5 heteroatoms. The minimum absolute atomic E-state index is 0. The van der Waals surface area contributed by atoms with E-state index in [9.17, 15) is 4.79 Å². The molecule has 0 aliphatic rings. The molecule has 0 saturated carbocycles. The van der Waals surface area contributed by atoms with Gasteiger partial charge in [-0.2, -0.15) is 0 Å². The standard InChI is InChI=1S/C2H3ClO2.CHN.Na.H/c3-1-2(4)5;1-2;;/h1H2,(H,4,5);1H;;/q;;+1;-1. The van der Waals surface area contributed by atoms with Crippen LogP contribution in [0.2, 0.25) is 0 Å². The average Bonchev–Trinajstić information content (AvgIpc) is 1.73. The van der Waals surface area contributed by atoms with Crippen molar-refractivity contribution in [2.45, 2.75) is 0 Å². The summed E-state index contributed by atoms with van der Waals surface area (Å²) in [4.78, 5) is 9.24. The van der Waals surface area contributed by atoms with Gasteiger partial charge in [0, 0.05) is 6.57 Å². The van der Waals surface area contributed by atoms with Gasteiger partial charge in [-0.05, 0) is 0 Å². The summed E-state index contributed by atoms with van der Waals surface area (Å²) in [6.07, 6.45) is 0. The Morgan fingerprint density at radius 2 is 2.00 bits per heavy atom. The first kappa shape index (κ1) is 15.7. The molecule has 0 aliphatic heterocycles. The first-order valence-electron chi connectivity index (χ1n) is 1.31. The van der Waals surface area contributed by atoms with Crippen LogP contribution in [0.3, 0.4) is 0 Å². The van der Waals surface area contributed by atoms with E-state index in [1.165, 1.54) is 0 Å². The second-order valence-corrected chi connectivity index (χ2v) is 0.795. The zero-order valence-corrected chi connectivity index (χ0v) is 7.22. The number of halogens is 1. The van der Waals surface area contributed by atoms with Crippen LogP contribution in [0.25, 0.3) is 0 Å². The Kier molecular flexibility index (Phi) is 30.8. The van der Waals surface area contributed by atoms with Crippen molar-refractivity contribution in [1.82, 2.24) is 0 Å². The third kappa shape index (κ3) is 34.0. The number of hydrogen-bond acceptors (Lipinski definition) is 2. The van der Waals surface area contributed by atoms with Gasteiger partial charge in [0.05, 0.1) is 0 Å². The van der Waals surface area contributed by atoms with E-state index in [0.717, 1.165) is 0 Å². The Bertz CT molecular complexity index is 79.5. The monoisotopic (exact) mass is 145 g/mol. The number of nitriles is 1. The minimum atomic E-state index is -0.980. The van der Waals surface area contributed by atoms with E-state index < -0.39 is 5.97 Å². The van der Waals surface area contributed by atoms with Crippen LogP contribution in [0.4, 0.5) is 0 Å². The molecule has 0 radical (unpaired) electrons. The molecule has 1 N–H and O–H groups in total. The van der Waals surface area contributed by atoms with Gasteiger partial charge >= 0.3 is 35.5 Å². The molecule has 0 aliphatic carbocycles. The van der Waals surface area contributed by atoms with Gasteiger partial charge in [0.2, 0.25) is 0 Å². The van der Waals surface area contributed by atoms with Crippen molar-refractivity contribution in [3.05, 3.63) is 0 Å². The van der Waals surface area contributed by atoms with Crippen LogP contribution in [0, 0.1) is 11.8 Å². The van der Waals surface area contributed by atoms with E-state index in [2.05, 4.69) is 6.57 Å². The summed E-state index contributed by atoms with van der Waals surface area (Å²) < 4.78 is 0. The molecule has 42 valence electrons. The summed E-state index contributed by atoms with van der Waals surface area (Å²) in [5, 5.41) is 14.1. The number of carboxylic acids is 1. The maximum atomic E-state index is 9.24. The zero-order chi connectivity index (χ0) is 6.28.